The van der Waals surface area contributed by atoms with E-state index >= 15 is 0 Å². The first-order valence-corrected chi connectivity index (χ1v) is 11.9. The molecule has 0 fully saturated rings. The molecule has 1 aliphatic rings. The van der Waals surface area contributed by atoms with E-state index in [-0.39, 0.29) is 17.6 Å². The maximum absolute atomic E-state index is 12.7. The van der Waals surface area contributed by atoms with Crippen LogP contribution in [0.25, 0.3) is 10.2 Å². The largest absolute Gasteiger partial charge is 0.512 e. The molecule has 6 nitrogen and oxygen atoms in total. The number of aromatic nitrogens is 1. The summed E-state index contributed by atoms with van der Waals surface area (Å²) in [5.41, 5.74) is 2.00. The van der Waals surface area contributed by atoms with Crippen molar-refractivity contribution in [2.75, 3.05) is 11.9 Å². The van der Waals surface area contributed by atoms with Gasteiger partial charge < -0.3 is 14.6 Å². The number of amides is 1. The Bertz CT molecular complexity index is 1420. The number of ether oxygens (including phenoxy) is 2. The minimum atomic E-state index is -0.285. The van der Waals surface area contributed by atoms with Crippen LogP contribution in [0.5, 0.6) is 17.2 Å². The second-order valence-electron chi connectivity index (χ2n) is 7.71. The molecule has 0 spiro atoms. The van der Waals surface area contributed by atoms with Gasteiger partial charge in [0, 0.05) is 28.1 Å². The van der Waals surface area contributed by atoms with Gasteiger partial charge in [-0.2, -0.15) is 0 Å². The molecule has 2 heterocycles. The molecule has 1 unspecified atom stereocenters. The smallest absolute Gasteiger partial charge is 0.257 e. The number of rotatable bonds is 5. The zero-order valence-corrected chi connectivity index (χ0v) is 20.0. The first kappa shape index (κ1) is 22.5. The number of nitrogens with one attached hydrogen (secondary N) is 1. The van der Waals surface area contributed by atoms with Crippen LogP contribution >= 0.6 is 34.5 Å². The van der Waals surface area contributed by atoms with Crippen LogP contribution in [0.15, 0.2) is 66.9 Å². The summed E-state index contributed by atoms with van der Waals surface area (Å²) in [5, 5.41) is 14.2. The van der Waals surface area contributed by atoms with Gasteiger partial charge in [0.25, 0.3) is 5.91 Å². The Morgan fingerprint density at radius 1 is 1.18 bits per heavy atom. The van der Waals surface area contributed by atoms with Gasteiger partial charge in [0.1, 0.15) is 17.2 Å². The normalized spacial score (nSPS) is 14.8. The molecule has 0 saturated heterocycles. The zero-order valence-electron chi connectivity index (χ0n) is 17.7. The molecule has 0 bridgehead atoms. The number of anilines is 1. The van der Waals surface area contributed by atoms with Crippen molar-refractivity contribution in [2.24, 2.45) is 0 Å². The molecular weight excluding hydrogens is 495 g/mol. The van der Waals surface area contributed by atoms with Crippen molar-refractivity contribution in [1.82, 2.24) is 4.98 Å². The number of nitrogens with zero attached hydrogens (tertiary/aromatic N) is 1. The fraction of sp³-hybridized carbons (Fsp3) is 0.120. The fourth-order valence-corrected chi connectivity index (χ4v) is 5.08. The number of thiazole rings is 1. The minimum absolute atomic E-state index is 0.0813. The zero-order chi connectivity index (χ0) is 23.8. The van der Waals surface area contributed by atoms with E-state index in [1.807, 2.05) is 12.1 Å². The molecule has 1 amide bonds. The van der Waals surface area contributed by atoms with Crippen molar-refractivity contribution >= 4 is 55.8 Å². The van der Waals surface area contributed by atoms with E-state index in [0.29, 0.717) is 51.0 Å². The first-order chi connectivity index (χ1) is 16.4. The van der Waals surface area contributed by atoms with Crippen LogP contribution in [0, 0.1) is 0 Å². The molecule has 34 heavy (non-hydrogen) atoms. The third-order valence-corrected chi connectivity index (χ3v) is 6.89. The molecule has 0 saturated carbocycles. The van der Waals surface area contributed by atoms with Gasteiger partial charge in [-0.3, -0.25) is 10.1 Å². The highest BCUT2D eigenvalue weighted by Crippen LogP contribution is 2.43. The molecular formula is C25H18Cl2N2O4S. The Morgan fingerprint density at radius 2 is 1.97 bits per heavy atom. The second-order valence-corrected chi connectivity index (χ2v) is 9.59. The summed E-state index contributed by atoms with van der Waals surface area (Å²) in [6.45, 7) is 4.11. The molecule has 0 aliphatic carbocycles. The van der Waals surface area contributed by atoms with Gasteiger partial charge in [-0.05, 0) is 55.0 Å². The van der Waals surface area contributed by atoms with Crippen molar-refractivity contribution in [1.29, 1.82) is 0 Å². The lowest BCUT2D eigenvalue weighted by molar-refractivity contribution is 0.102. The van der Waals surface area contributed by atoms with Gasteiger partial charge in [0.15, 0.2) is 5.13 Å². The van der Waals surface area contributed by atoms with E-state index < -0.39 is 0 Å². The molecule has 3 aromatic carbocycles. The van der Waals surface area contributed by atoms with E-state index in [4.69, 9.17) is 32.7 Å². The number of allylic oxidation sites excluding steroid dienone is 1. The Balaban J connectivity index is 1.30. The summed E-state index contributed by atoms with van der Waals surface area (Å²) in [6, 6.07) is 15.5. The highest BCUT2D eigenvalue weighted by atomic mass is 35.5. The molecule has 1 aliphatic heterocycles. The van der Waals surface area contributed by atoms with Crippen LogP contribution in [-0.2, 0) is 0 Å². The van der Waals surface area contributed by atoms with Crippen LogP contribution < -0.4 is 14.8 Å². The summed E-state index contributed by atoms with van der Waals surface area (Å²) in [7, 11) is 0. The predicted molar refractivity (Wildman–Crippen MR) is 135 cm³/mol. The Morgan fingerprint density at radius 3 is 2.74 bits per heavy atom. The number of benzene rings is 3. The molecule has 4 aromatic rings. The minimum Gasteiger partial charge on any atom is -0.512 e. The van der Waals surface area contributed by atoms with Gasteiger partial charge in [-0.25, -0.2) is 4.98 Å². The molecule has 0 radical (unpaired) electrons. The number of carbonyl (C=O) groups excluding carboxylic acids is 1. The lowest BCUT2D eigenvalue weighted by atomic mass is 9.92. The number of aliphatic hydroxyl groups is 1. The third kappa shape index (κ3) is 4.55. The number of carbonyl (C=O) groups is 1. The van der Waals surface area contributed by atoms with E-state index in [2.05, 4.69) is 16.9 Å². The average Bonchev–Trinajstić information content (AvgIpc) is 3.20. The number of hydrogen-bond donors (Lipinski definition) is 2. The van der Waals surface area contributed by atoms with Gasteiger partial charge >= 0.3 is 0 Å². The highest BCUT2D eigenvalue weighted by Gasteiger charge is 2.26. The summed E-state index contributed by atoms with van der Waals surface area (Å²) in [6.07, 6.45) is 0.632. The Kier molecular flexibility index (Phi) is 6.08. The van der Waals surface area contributed by atoms with Crippen LogP contribution in [0.3, 0.4) is 0 Å². The van der Waals surface area contributed by atoms with Crippen molar-refractivity contribution in [3.63, 3.8) is 0 Å². The van der Waals surface area contributed by atoms with Gasteiger partial charge in [0.2, 0.25) is 0 Å². The third-order valence-electron chi connectivity index (χ3n) is 5.42. The summed E-state index contributed by atoms with van der Waals surface area (Å²) < 4.78 is 12.5. The van der Waals surface area contributed by atoms with E-state index in [1.165, 1.54) is 11.3 Å². The fourth-order valence-electron chi connectivity index (χ4n) is 3.74. The lowest BCUT2D eigenvalue weighted by Crippen LogP contribution is -2.15. The molecule has 1 aromatic heterocycles. The van der Waals surface area contributed by atoms with Crippen molar-refractivity contribution in [3.8, 4) is 17.2 Å². The van der Waals surface area contributed by atoms with Gasteiger partial charge in [-0.1, -0.05) is 41.1 Å². The van der Waals surface area contributed by atoms with Crippen LogP contribution in [0.2, 0.25) is 10.0 Å². The van der Waals surface area contributed by atoms with E-state index in [1.54, 1.807) is 42.5 Å². The summed E-state index contributed by atoms with van der Waals surface area (Å²) >= 11 is 13.8. The maximum Gasteiger partial charge on any atom is 0.257 e. The van der Waals surface area contributed by atoms with E-state index in [0.717, 1.165) is 15.8 Å². The topological polar surface area (TPSA) is 80.7 Å². The summed E-state index contributed by atoms with van der Waals surface area (Å²) in [4.78, 5) is 17.1. The van der Waals surface area contributed by atoms with Crippen LogP contribution in [0.4, 0.5) is 5.13 Å². The number of hydrogen-bond acceptors (Lipinski definition) is 6. The van der Waals surface area contributed by atoms with Gasteiger partial charge in [0.05, 0.1) is 27.6 Å². The molecule has 5 rings (SSSR count). The first-order valence-electron chi connectivity index (χ1n) is 10.4. The van der Waals surface area contributed by atoms with Crippen molar-refractivity contribution < 1.29 is 19.4 Å². The number of fused-ring (bicyclic) bond motifs is 2. The van der Waals surface area contributed by atoms with Crippen molar-refractivity contribution in [2.45, 2.75) is 12.3 Å². The van der Waals surface area contributed by atoms with E-state index in [9.17, 15) is 9.90 Å². The van der Waals surface area contributed by atoms with Crippen LogP contribution in [-0.4, -0.2) is 22.6 Å². The van der Waals surface area contributed by atoms with Crippen molar-refractivity contribution in [3.05, 3.63) is 88.1 Å². The molecule has 2 N–H and O–H groups in total. The monoisotopic (exact) mass is 512 g/mol. The maximum atomic E-state index is 12.7. The number of halogens is 2. The molecule has 1 atom stereocenters. The lowest BCUT2D eigenvalue weighted by Gasteiger charge is -2.26. The van der Waals surface area contributed by atoms with Crippen LogP contribution in [0.1, 0.15) is 28.3 Å². The molecule has 172 valence electrons. The number of aliphatic hydroxyl groups excluding tert-OH is 1. The average molecular weight is 513 g/mol. The Hall–Kier alpha value is -3.26. The van der Waals surface area contributed by atoms with Gasteiger partial charge in [-0.15, -0.1) is 0 Å². The summed E-state index contributed by atoms with van der Waals surface area (Å²) in [5.74, 6) is 1.09. The standard InChI is InChI=1S/C25H18Cl2N2O4S/c1-13(30)17-8-9-32-21-12-22(19(27)11-18(17)21)33-16-5-2-14(3-6-16)24(31)29-25-28-20-7-4-15(26)10-23(20)34-25/h2-7,10-12,17,30H,1,8-9H2,(H,28,29,31). The molecule has 9 heteroatoms. The SMILES string of the molecule is C=C(O)C1CCOc2cc(Oc3ccc(C(=O)Nc4nc5ccc(Cl)cc5s4)cc3)c(Cl)cc21. The quantitative estimate of drug-likeness (QED) is 0.269. The second kappa shape index (κ2) is 9.18. The highest BCUT2D eigenvalue weighted by molar-refractivity contribution is 7.22. The predicted octanol–water partition coefficient (Wildman–Crippen LogP) is 7.59. The Labute approximate surface area is 209 Å².